The first-order valence-corrected chi connectivity index (χ1v) is 15.1. The molecule has 1 N–H and O–H groups in total. The molecular formula is C31H34BrClN4O4. The Labute approximate surface area is 254 Å². The van der Waals surface area contributed by atoms with Crippen molar-refractivity contribution in [2.45, 2.75) is 38.5 Å². The summed E-state index contributed by atoms with van der Waals surface area (Å²) in [6.07, 6.45) is 2.02. The zero-order valence-corrected chi connectivity index (χ0v) is 25.9. The van der Waals surface area contributed by atoms with Crippen LogP contribution < -0.4 is 0 Å². The third-order valence-electron chi connectivity index (χ3n) is 8.71. The molecule has 6 rings (SSSR count). The van der Waals surface area contributed by atoms with Crippen LogP contribution >= 0.6 is 27.5 Å². The lowest BCUT2D eigenvalue weighted by atomic mass is 9.70. The Morgan fingerprint density at radius 1 is 1.07 bits per heavy atom. The standard InChI is InChI=1S/C31H34BrClN4O4/c1-5-41-23-18-30(2,40-4)26-27-31(23,3)28-34-24(19-8-12-22(33)13-9-19)25(20-6-10-21(32)11-7-20)37(28)29(39)36(27)15-14-35(26)16-17-38/h6-13,18,24-25,38H,5,14-17H2,1-4H3. The minimum atomic E-state index is -0.875. The average Bonchev–Trinajstić information content (AvgIpc) is 3.37. The number of β-amino-alcohol motifs (C(OH)–C–C–N with tert-alkyl or cyclic N) is 1. The number of nitrogens with zero attached hydrogens (tertiary/aromatic N) is 4. The van der Waals surface area contributed by atoms with E-state index in [1.54, 1.807) is 7.11 Å². The maximum absolute atomic E-state index is 14.7. The summed E-state index contributed by atoms with van der Waals surface area (Å²) in [4.78, 5) is 25.9. The Morgan fingerprint density at radius 3 is 2.39 bits per heavy atom. The molecule has 2 aromatic carbocycles. The van der Waals surface area contributed by atoms with Gasteiger partial charge >= 0.3 is 6.03 Å². The summed E-state index contributed by atoms with van der Waals surface area (Å²) in [5.74, 6) is 1.34. The van der Waals surface area contributed by atoms with Crippen molar-refractivity contribution in [2.75, 3.05) is 40.0 Å². The summed E-state index contributed by atoms with van der Waals surface area (Å²) in [7, 11) is 1.66. The van der Waals surface area contributed by atoms with Crippen molar-refractivity contribution in [3.8, 4) is 0 Å². The molecular weight excluding hydrogens is 608 g/mol. The van der Waals surface area contributed by atoms with Gasteiger partial charge in [0.05, 0.1) is 30.6 Å². The largest absolute Gasteiger partial charge is 0.497 e. The van der Waals surface area contributed by atoms with Crippen molar-refractivity contribution < 1.29 is 19.4 Å². The van der Waals surface area contributed by atoms with E-state index in [0.29, 0.717) is 42.9 Å². The van der Waals surface area contributed by atoms with Gasteiger partial charge in [-0.2, -0.15) is 0 Å². The van der Waals surface area contributed by atoms with Gasteiger partial charge in [0.1, 0.15) is 28.7 Å². The van der Waals surface area contributed by atoms with Crippen LogP contribution in [0.25, 0.3) is 0 Å². The van der Waals surface area contributed by atoms with Crippen LogP contribution in [0.2, 0.25) is 5.02 Å². The highest BCUT2D eigenvalue weighted by Gasteiger charge is 2.63. The van der Waals surface area contributed by atoms with Gasteiger partial charge in [0, 0.05) is 36.2 Å². The van der Waals surface area contributed by atoms with E-state index in [0.717, 1.165) is 27.0 Å². The third-order valence-corrected chi connectivity index (χ3v) is 9.50. The third kappa shape index (κ3) is 4.23. The second kappa shape index (κ2) is 10.5. The number of carbonyl (C=O) groups excluding carboxylic acids is 1. The quantitative estimate of drug-likeness (QED) is 0.408. The van der Waals surface area contributed by atoms with E-state index >= 15 is 0 Å². The molecule has 0 radical (unpaired) electrons. The Hall–Kier alpha value is -2.85. The maximum atomic E-state index is 14.7. The van der Waals surface area contributed by atoms with E-state index in [2.05, 4.69) is 27.8 Å². The number of methoxy groups -OCH3 is 1. The molecule has 1 fully saturated rings. The van der Waals surface area contributed by atoms with Gasteiger partial charge < -0.3 is 19.5 Å². The summed E-state index contributed by atoms with van der Waals surface area (Å²) >= 11 is 9.82. The molecule has 0 saturated carbocycles. The van der Waals surface area contributed by atoms with Crippen molar-refractivity contribution >= 4 is 39.4 Å². The Morgan fingerprint density at radius 2 is 1.76 bits per heavy atom. The van der Waals surface area contributed by atoms with Gasteiger partial charge in [0.15, 0.2) is 0 Å². The van der Waals surface area contributed by atoms with Crippen LogP contribution in [0, 0.1) is 5.41 Å². The first-order valence-electron chi connectivity index (χ1n) is 13.9. The number of halogens is 2. The van der Waals surface area contributed by atoms with Crippen LogP contribution in [-0.2, 0) is 9.47 Å². The highest BCUT2D eigenvalue weighted by molar-refractivity contribution is 9.10. The van der Waals surface area contributed by atoms with Gasteiger partial charge in [-0.05, 0) is 62.2 Å². The lowest BCUT2D eigenvalue weighted by molar-refractivity contribution is 0.0124. The van der Waals surface area contributed by atoms with Crippen LogP contribution in [0.3, 0.4) is 0 Å². The highest BCUT2D eigenvalue weighted by atomic mass is 79.9. The smallest absolute Gasteiger partial charge is 0.330 e. The topological polar surface area (TPSA) is 77.8 Å². The molecule has 216 valence electrons. The van der Waals surface area contributed by atoms with Crippen LogP contribution in [0.1, 0.15) is 44.0 Å². The first kappa shape index (κ1) is 28.3. The van der Waals surface area contributed by atoms with Crippen molar-refractivity contribution in [1.29, 1.82) is 0 Å². The molecule has 41 heavy (non-hydrogen) atoms. The number of carbonyl (C=O) groups is 1. The number of aliphatic hydroxyl groups excluding tert-OH is 1. The van der Waals surface area contributed by atoms with Crippen LogP contribution in [0.5, 0.6) is 0 Å². The molecule has 1 saturated heterocycles. The molecule has 8 nitrogen and oxygen atoms in total. The van der Waals surface area contributed by atoms with Gasteiger partial charge in [-0.1, -0.05) is 51.8 Å². The number of fused-ring (bicyclic) bond motifs is 2. The lowest BCUT2D eigenvalue weighted by Gasteiger charge is -2.57. The summed E-state index contributed by atoms with van der Waals surface area (Å²) in [6.45, 7) is 7.93. The van der Waals surface area contributed by atoms with Crippen LogP contribution in [0.15, 0.2) is 81.2 Å². The zero-order chi connectivity index (χ0) is 29.1. The number of rotatable bonds is 7. The molecule has 4 atom stereocenters. The van der Waals surface area contributed by atoms with Gasteiger partial charge in [0.2, 0.25) is 0 Å². The summed E-state index contributed by atoms with van der Waals surface area (Å²) in [5, 5.41) is 10.6. The summed E-state index contributed by atoms with van der Waals surface area (Å²) in [6, 6.07) is 14.9. The van der Waals surface area contributed by atoms with Crippen molar-refractivity contribution in [1.82, 2.24) is 14.7 Å². The molecule has 0 bridgehead atoms. The molecule has 4 aliphatic rings. The van der Waals surface area contributed by atoms with E-state index < -0.39 is 11.0 Å². The minimum absolute atomic E-state index is 0.0133. The molecule has 10 heteroatoms. The monoisotopic (exact) mass is 640 g/mol. The predicted octanol–water partition coefficient (Wildman–Crippen LogP) is 5.90. The molecule has 0 aromatic heterocycles. The second-order valence-corrected chi connectivity index (χ2v) is 12.4. The van der Waals surface area contributed by atoms with Crippen molar-refractivity contribution in [3.05, 3.63) is 92.4 Å². The summed E-state index contributed by atoms with van der Waals surface area (Å²) in [5.41, 5.74) is 1.87. The lowest BCUT2D eigenvalue weighted by Crippen LogP contribution is -2.66. The fraction of sp³-hybridized carbons (Fsp3) is 0.419. The SMILES string of the molecule is CCOC1=CC(C)(OC)C2=C3N(CCN2CCO)C(=O)N2C(=NC(c4ccc(Cl)cc4)C2c2ccc(Br)cc2)C13C. The van der Waals surface area contributed by atoms with E-state index in [-0.39, 0.29) is 24.7 Å². The van der Waals surface area contributed by atoms with Crippen LogP contribution in [-0.4, -0.2) is 77.2 Å². The van der Waals surface area contributed by atoms with Gasteiger partial charge in [-0.15, -0.1) is 0 Å². The number of aliphatic imine (C=N–C) groups is 1. The Balaban J connectivity index is 1.62. The first-order chi connectivity index (χ1) is 19.7. The van der Waals surface area contributed by atoms with Crippen LogP contribution in [0.4, 0.5) is 4.79 Å². The fourth-order valence-corrected chi connectivity index (χ4v) is 7.15. The average molecular weight is 642 g/mol. The predicted molar refractivity (Wildman–Crippen MR) is 161 cm³/mol. The normalized spacial score (nSPS) is 28.9. The number of amides is 2. The number of urea groups is 1. The molecule has 2 aromatic rings. The number of amidine groups is 1. The number of ether oxygens (including phenoxy) is 2. The van der Waals surface area contributed by atoms with E-state index in [4.69, 9.17) is 26.1 Å². The van der Waals surface area contributed by atoms with Gasteiger partial charge in [-0.25, -0.2) is 4.79 Å². The molecule has 0 spiro atoms. The minimum Gasteiger partial charge on any atom is -0.497 e. The molecule has 1 aliphatic carbocycles. The number of aliphatic hydroxyl groups is 1. The van der Waals surface area contributed by atoms with E-state index in [9.17, 15) is 9.90 Å². The summed E-state index contributed by atoms with van der Waals surface area (Å²) < 4.78 is 13.5. The number of benzene rings is 2. The highest BCUT2D eigenvalue weighted by Crippen LogP contribution is 2.58. The van der Waals surface area contributed by atoms with Gasteiger partial charge in [0.25, 0.3) is 0 Å². The fourth-order valence-electron chi connectivity index (χ4n) is 6.76. The van der Waals surface area contributed by atoms with Crippen molar-refractivity contribution in [3.63, 3.8) is 0 Å². The maximum Gasteiger partial charge on any atom is 0.330 e. The molecule has 3 aliphatic heterocycles. The zero-order valence-electron chi connectivity index (χ0n) is 23.6. The Kier molecular flexibility index (Phi) is 7.21. The van der Waals surface area contributed by atoms with E-state index in [1.807, 2.05) is 78.3 Å². The van der Waals surface area contributed by atoms with E-state index in [1.165, 1.54) is 0 Å². The van der Waals surface area contributed by atoms with Gasteiger partial charge in [-0.3, -0.25) is 14.8 Å². The second-order valence-electron chi connectivity index (χ2n) is 11.0. The Bertz CT molecular complexity index is 1460. The number of hydrogen-bond donors (Lipinski definition) is 1. The number of hydrogen-bond acceptors (Lipinski definition) is 6. The molecule has 2 amide bonds. The van der Waals surface area contributed by atoms with Crippen molar-refractivity contribution in [2.24, 2.45) is 10.4 Å². The molecule has 4 unspecified atom stereocenters. The molecule has 3 heterocycles.